The number of halogens is 1. The predicted octanol–water partition coefficient (Wildman–Crippen LogP) is 2.07. The molecule has 84 valence electrons. The highest BCUT2D eigenvalue weighted by atomic mass is 35.5. The molecule has 1 rings (SSSR count). The lowest BCUT2D eigenvalue weighted by Gasteiger charge is -2.31. The van der Waals surface area contributed by atoms with Gasteiger partial charge in [0.1, 0.15) is 0 Å². The van der Waals surface area contributed by atoms with E-state index in [1.54, 1.807) is 0 Å². The van der Waals surface area contributed by atoms with E-state index in [1.807, 2.05) is 0 Å². The van der Waals surface area contributed by atoms with Crippen LogP contribution in [0.4, 0.5) is 0 Å². The zero-order valence-corrected chi connectivity index (χ0v) is 10.4. The highest BCUT2D eigenvalue weighted by Crippen LogP contribution is 2.20. The van der Waals surface area contributed by atoms with Gasteiger partial charge >= 0.3 is 0 Å². The largest absolute Gasteiger partial charge is 0.379 e. The quantitative estimate of drug-likeness (QED) is 0.519. The molecule has 1 heterocycles. The van der Waals surface area contributed by atoms with Crippen LogP contribution in [0.2, 0.25) is 0 Å². The van der Waals surface area contributed by atoms with Gasteiger partial charge in [-0.3, -0.25) is 4.90 Å². The number of hydrogen-bond donors (Lipinski definition) is 0. The second kappa shape index (κ2) is 7.80. The van der Waals surface area contributed by atoms with Crippen LogP contribution in [-0.2, 0) is 4.74 Å². The average molecular weight is 238 g/mol. The standard InChI is InChI=1S/C10H20ClNOS/c1-2-10-9-12(5-8-14-10)4-7-13-6-3-11/h10H,2-9H2,1H3. The molecule has 1 aliphatic rings. The Bertz CT molecular complexity index is 148. The van der Waals surface area contributed by atoms with E-state index in [2.05, 4.69) is 23.6 Å². The van der Waals surface area contributed by atoms with Crippen molar-refractivity contribution in [1.29, 1.82) is 0 Å². The Labute approximate surface area is 96.3 Å². The zero-order valence-electron chi connectivity index (χ0n) is 8.88. The van der Waals surface area contributed by atoms with Crippen molar-refractivity contribution in [3.63, 3.8) is 0 Å². The second-order valence-electron chi connectivity index (χ2n) is 3.50. The molecule has 0 spiro atoms. The molecule has 0 amide bonds. The summed E-state index contributed by atoms with van der Waals surface area (Å²) in [5.41, 5.74) is 0. The molecule has 0 aliphatic carbocycles. The number of nitrogens with zero attached hydrogens (tertiary/aromatic N) is 1. The highest BCUT2D eigenvalue weighted by Gasteiger charge is 2.17. The lowest BCUT2D eigenvalue weighted by molar-refractivity contribution is 0.116. The molecule has 0 aromatic heterocycles. The van der Waals surface area contributed by atoms with Crippen LogP contribution in [0.25, 0.3) is 0 Å². The fraction of sp³-hybridized carbons (Fsp3) is 1.00. The van der Waals surface area contributed by atoms with Crippen molar-refractivity contribution in [2.24, 2.45) is 0 Å². The molecule has 1 aliphatic heterocycles. The Morgan fingerprint density at radius 3 is 3.07 bits per heavy atom. The zero-order chi connectivity index (χ0) is 10.2. The smallest absolute Gasteiger partial charge is 0.0602 e. The Balaban J connectivity index is 2.05. The lowest BCUT2D eigenvalue weighted by atomic mass is 10.3. The number of ether oxygens (including phenoxy) is 1. The van der Waals surface area contributed by atoms with Crippen LogP contribution < -0.4 is 0 Å². The van der Waals surface area contributed by atoms with E-state index in [-0.39, 0.29) is 0 Å². The molecule has 1 fully saturated rings. The van der Waals surface area contributed by atoms with Gasteiger partial charge in [0.25, 0.3) is 0 Å². The maximum atomic E-state index is 5.53. The summed E-state index contributed by atoms with van der Waals surface area (Å²) in [5.74, 6) is 1.88. The van der Waals surface area contributed by atoms with Crippen molar-refractivity contribution in [3.8, 4) is 0 Å². The molecule has 1 saturated heterocycles. The van der Waals surface area contributed by atoms with Gasteiger partial charge in [0.15, 0.2) is 0 Å². The van der Waals surface area contributed by atoms with Gasteiger partial charge in [-0.1, -0.05) is 6.92 Å². The second-order valence-corrected chi connectivity index (χ2v) is 5.29. The first kappa shape index (κ1) is 12.6. The monoisotopic (exact) mass is 237 g/mol. The van der Waals surface area contributed by atoms with Gasteiger partial charge in [0.05, 0.1) is 13.2 Å². The molecular formula is C10H20ClNOS. The fourth-order valence-corrected chi connectivity index (χ4v) is 2.94. The van der Waals surface area contributed by atoms with E-state index in [0.717, 1.165) is 18.4 Å². The summed E-state index contributed by atoms with van der Waals surface area (Å²) in [4.78, 5) is 2.50. The van der Waals surface area contributed by atoms with Crippen LogP contribution in [-0.4, -0.2) is 54.6 Å². The summed E-state index contributed by atoms with van der Waals surface area (Å²) in [6, 6.07) is 0. The van der Waals surface area contributed by atoms with Crippen molar-refractivity contribution >= 4 is 23.4 Å². The van der Waals surface area contributed by atoms with Gasteiger partial charge in [0.2, 0.25) is 0 Å². The molecule has 2 nitrogen and oxygen atoms in total. The first-order valence-electron chi connectivity index (χ1n) is 5.34. The van der Waals surface area contributed by atoms with E-state index in [4.69, 9.17) is 16.3 Å². The molecule has 0 aromatic carbocycles. The Hall–Kier alpha value is 0.560. The molecule has 4 heteroatoms. The molecule has 0 bridgehead atoms. The predicted molar refractivity (Wildman–Crippen MR) is 64.5 cm³/mol. The van der Waals surface area contributed by atoms with Crippen LogP contribution in [0.5, 0.6) is 0 Å². The summed E-state index contributed by atoms with van der Waals surface area (Å²) in [6.07, 6.45) is 1.28. The van der Waals surface area contributed by atoms with Crippen molar-refractivity contribution in [3.05, 3.63) is 0 Å². The summed E-state index contributed by atoms with van der Waals surface area (Å²) in [7, 11) is 0. The molecule has 14 heavy (non-hydrogen) atoms. The van der Waals surface area contributed by atoms with E-state index in [9.17, 15) is 0 Å². The maximum absolute atomic E-state index is 5.53. The third-order valence-corrected chi connectivity index (χ3v) is 3.98. The molecule has 1 atom stereocenters. The van der Waals surface area contributed by atoms with Crippen LogP contribution in [0.15, 0.2) is 0 Å². The Kier molecular flexibility index (Phi) is 7.04. The van der Waals surface area contributed by atoms with Crippen LogP contribution in [0.1, 0.15) is 13.3 Å². The number of rotatable bonds is 6. The van der Waals surface area contributed by atoms with E-state index < -0.39 is 0 Å². The van der Waals surface area contributed by atoms with Crippen molar-refractivity contribution in [2.75, 3.05) is 44.5 Å². The maximum Gasteiger partial charge on any atom is 0.0602 e. The van der Waals surface area contributed by atoms with Gasteiger partial charge in [-0.15, -0.1) is 11.6 Å². The molecule has 0 N–H and O–H groups in total. The van der Waals surface area contributed by atoms with Crippen LogP contribution in [0, 0.1) is 0 Å². The fourth-order valence-electron chi connectivity index (χ4n) is 1.58. The topological polar surface area (TPSA) is 12.5 Å². The first-order chi connectivity index (χ1) is 6.86. The lowest BCUT2D eigenvalue weighted by Crippen LogP contribution is -2.39. The van der Waals surface area contributed by atoms with Crippen LogP contribution in [0.3, 0.4) is 0 Å². The van der Waals surface area contributed by atoms with Crippen molar-refractivity contribution in [1.82, 2.24) is 4.90 Å². The minimum absolute atomic E-state index is 0.605. The van der Waals surface area contributed by atoms with E-state index in [0.29, 0.717) is 12.5 Å². The number of thioether (sulfide) groups is 1. The molecule has 0 saturated carbocycles. The molecular weight excluding hydrogens is 218 g/mol. The molecule has 0 radical (unpaired) electrons. The van der Waals surface area contributed by atoms with Crippen molar-refractivity contribution < 1.29 is 4.74 Å². The molecule has 0 aromatic rings. The summed E-state index contributed by atoms with van der Waals surface area (Å²) < 4.78 is 5.37. The highest BCUT2D eigenvalue weighted by molar-refractivity contribution is 8.00. The summed E-state index contributed by atoms with van der Waals surface area (Å²) in [6.45, 7) is 7.28. The SMILES string of the molecule is CCC1CN(CCOCCCl)CCS1. The molecule has 1 unspecified atom stereocenters. The third kappa shape index (κ3) is 4.87. The third-order valence-electron chi connectivity index (χ3n) is 2.45. The van der Waals surface area contributed by atoms with Gasteiger partial charge in [0, 0.05) is 36.5 Å². The van der Waals surface area contributed by atoms with Gasteiger partial charge in [-0.25, -0.2) is 0 Å². The average Bonchev–Trinajstić information content (AvgIpc) is 2.25. The van der Waals surface area contributed by atoms with E-state index in [1.165, 1.54) is 25.3 Å². The van der Waals surface area contributed by atoms with Gasteiger partial charge < -0.3 is 4.74 Å². The Morgan fingerprint density at radius 1 is 1.50 bits per heavy atom. The van der Waals surface area contributed by atoms with E-state index >= 15 is 0 Å². The minimum Gasteiger partial charge on any atom is -0.379 e. The number of alkyl halides is 1. The summed E-state index contributed by atoms with van der Waals surface area (Å²) >= 11 is 7.63. The Morgan fingerprint density at radius 2 is 2.36 bits per heavy atom. The van der Waals surface area contributed by atoms with Gasteiger partial charge in [-0.2, -0.15) is 11.8 Å². The number of hydrogen-bond acceptors (Lipinski definition) is 3. The first-order valence-corrected chi connectivity index (χ1v) is 6.92. The van der Waals surface area contributed by atoms with Crippen LogP contribution >= 0.6 is 23.4 Å². The summed E-state index contributed by atoms with van der Waals surface area (Å²) in [5, 5.41) is 0.830. The van der Waals surface area contributed by atoms with Crippen molar-refractivity contribution in [2.45, 2.75) is 18.6 Å². The van der Waals surface area contributed by atoms with Gasteiger partial charge in [-0.05, 0) is 6.42 Å². The normalized spacial score (nSPS) is 24.0. The minimum atomic E-state index is 0.605.